The van der Waals surface area contributed by atoms with Crippen LogP contribution in [-0.2, 0) is 0 Å². The number of nitriles is 1. The molecule has 0 radical (unpaired) electrons. The van der Waals surface area contributed by atoms with Gasteiger partial charge in [0.1, 0.15) is 0 Å². The molecule has 0 aliphatic heterocycles. The van der Waals surface area contributed by atoms with Gasteiger partial charge in [-0.2, -0.15) is 5.26 Å². The Hall–Kier alpha value is -10.5. The van der Waals surface area contributed by atoms with E-state index in [2.05, 4.69) is 221 Å². The monoisotopic (exact) mass is 968 g/mol. The predicted molar refractivity (Wildman–Crippen MR) is 311 cm³/mol. The van der Waals surface area contributed by atoms with Gasteiger partial charge in [-0.25, -0.2) is 15.0 Å². The highest BCUT2D eigenvalue weighted by Gasteiger charge is 2.26. The van der Waals surface area contributed by atoms with Crippen LogP contribution in [0, 0.1) is 11.3 Å². The number of para-hydroxylation sites is 2. The van der Waals surface area contributed by atoms with Crippen molar-refractivity contribution in [1.29, 1.82) is 5.26 Å². The van der Waals surface area contributed by atoms with Crippen molar-refractivity contribution in [2.45, 2.75) is 0 Å². The molecule has 76 heavy (non-hydrogen) atoms. The summed E-state index contributed by atoms with van der Waals surface area (Å²) in [5, 5.41) is 15.1. The third-order valence-electron chi connectivity index (χ3n) is 14.7. The van der Waals surface area contributed by atoms with Gasteiger partial charge < -0.3 is 9.13 Å². The van der Waals surface area contributed by atoms with E-state index >= 15 is 0 Å². The summed E-state index contributed by atoms with van der Waals surface area (Å²) in [6.45, 7) is 0. The first-order chi connectivity index (χ1) is 37.7. The molecule has 6 heteroatoms. The minimum Gasteiger partial charge on any atom is -0.309 e. The molecule has 11 aromatic carbocycles. The summed E-state index contributed by atoms with van der Waals surface area (Å²) < 4.78 is 4.78. The van der Waals surface area contributed by atoms with E-state index in [-0.39, 0.29) is 0 Å². The number of rotatable bonds is 9. The normalized spacial score (nSPS) is 11.4. The molecule has 0 bridgehead atoms. The molecular formula is C70H44N6. The van der Waals surface area contributed by atoms with Crippen molar-refractivity contribution in [2.24, 2.45) is 0 Å². The van der Waals surface area contributed by atoms with Crippen LogP contribution < -0.4 is 0 Å². The lowest BCUT2D eigenvalue weighted by Crippen LogP contribution is -2.06. The maximum absolute atomic E-state index is 10.6. The molecule has 0 N–H and O–H groups in total. The third kappa shape index (κ3) is 7.54. The molecule has 14 aromatic rings. The SMILES string of the molecule is N#Cc1ccccc1-c1ccc(-n2c3ccccc3c3cc(-c4ccccc4)ccc32)c(-c2cccc(-n3c4ccccc4c4cc(-c5ccccc5)ccc43)c2-c2nc(-c3ccccc3)nc(-c3ccccc3)n2)c1. The molecule has 3 heterocycles. The van der Waals surface area contributed by atoms with Crippen molar-refractivity contribution in [3.05, 3.63) is 272 Å². The average Bonchev–Trinajstić information content (AvgIpc) is 4.12. The highest BCUT2D eigenvalue weighted by Crippen LogP contribution is 2.46. The summed E-state index contributed by atoms with van der Waals surface area (Å²) in [6.07, 6.45) is 0. The molecule has 0 spiro atoms. The highest BCUT2D eigenvalue weighted by atomic mass is 15.1. The number of nitrogens with zero attached hydrogens (tertiary/aromatic N) is 6. The van der Waals surface area contributed by atoms with Gasteiger partial charge in [0.15, 0.2) is 17.5 Å². The van der Waals surface area contributed by atoms with Crippen LogP contribution in [-0.4, -0.2) is 24.1 Å². The van der Waals surface area contributed by atoms with E-state index in [1.165, 1.54) is 0 Å². The molecule has 3 aromatic heterocycles. The second-order valence-electron chi connectivity index (χ2n) is 19.0. The number of fused-ring (bicyclic) bond motifs is 6. The van der Waals surface area contributed by atoms with Crippen LogP contribution in [0.25, 0.3) is 134 Å². The smallest absolute Gasteiger partial charge is 0.166 e. The van der Waals surface area contributed by atoms with Crippen LogP contribution in [0.1, 0.15) is 5.56 Å². The van der Waals surface area contributed by atoms with E-state index in [0.717, 1.165) is 116 Å². The Morgan fingerprint density at radius 3 is 1.26 bits per heavy atom. The van der Waals surface area contributed by atoms with Crippen LogP contribution in [0.2, 0.25) is 0 Å². The standard InChI is InChI=1S/C70H44N6/c71-45-53-28-13-14-29-54(53)52-38-41-65(75-61-33-17-15-30-55(61)58-42-50(36-39-63(58)75)46-20-5-1-6-21-46)60(44-52)57-32-19-35-66(67(57)70-73-68(48-24-9-3-10-25-48)72-69(74-70)49-26-11-4-12-27-49)76-62-34-18-16-31-56(62)59-43-51(37-40-64(59)76)47-22-7-2-8-23-47/h1-44H. The molecule has 354 valence electrons. The quantitative estimate of drug-likeness (QED) is 0.144. The first-order valence-corrected chi connectivity index (χ1v) is 25.5. The minimum atomic E-state index is 0.522. The molecule has 0 saturated heterocycles. The van der Waals surface area contributed by atoms with Crippen molar-refractivity contribution in [1.82, 2.24) is 24.1 Å². The van der Waals surface area contributed by atoms with E-state index in [1.54, 1.807) is 0 Å². The second kappa shape index (κ2) is 18.5. The molecule has 0 saturated carbocycles. The van der Waals surface area contributed by atoms with E-state index < -0.39 is 0 Å². The van der Waals surface area contributed by atoms with E-state index in [4.69, 9.17) is 15.0 Å². The molecule has 0 amide bonds. The van der Waals surface area contributed by atoms with Crippen molar-refractivity contribution < 1.29 is 0 Å². The fraction of sp³-hybridized carbons (Fsp3) is 0. The zero-order valence-corrected chi connectivity index (χ0v) is 41.1. The maximum atomic E-state index is 10.6. The summed E-state index contributed by atoms with van der Waals surface area (Å²) >= 11 is 0. The Morgan fingerprint density at radius 1 is 0.276 bits per heavy atom. The largest absolute Gasteiger partial charge is 0.309 e. The molecule has 0 aliphatic rings. The van der Waals surface area contributed by atoms with Gasteiger partial charge in [-0.05, 0) is 99.6 Å². The maximum Gasteiger partial charge on any atom is 0.166 e. The topological polar surface area (TPSA) is 72.3 Å². The van der Waals surface area contributed by atoms with Gasteiger partial charge in [0.05, 0.1) is 50.6 Å². The average molecular weight is 969 g/mol. The first-order valence-electron chi connectivity index (χ1n) is 25.5. The van der Waals surface area contributed by atoms with Crippen molar-refractivity contribution in [3.63, 3.8) is 0 Å². The lowest BCUT2D eigenvalue weighted by atomic mass is 9.91. The zero-order valence-electron chi connectivity index (χ0n) is 41.1. The van der Waals surface area contributed by atoms with Crippen LogP contribution in [0.15, 0.2) is 267 Å². The third-order valence-corrected chi connectivity index (χ3v) is 14.7. The van der Waals surface area contributed by atoms with E-state index in [0.29, 0.717) is 23.0 Å². The molecule has 0 aliphatic carbocycles. The van der Waals surface area contributed by atoms with Crippen molar-refractivity contribution >= 4 is 43.6 Å². The summed E-state index contributed by atoms with van der Waals surface area (Å²) in [6, 6.07) is 95.9. The molecule has 0 fully saturated rings. The predicted octanol–water partition coefficient (Wildman–Crippen LogP) is 17.6. The molecule has 6 nitrogen and oxygen atoms in total. The molecular weight excluding hydrogens is 925 g/mol. The van der Waals surface area contributed by atoms with Crippen LogP contribution >= 0.6 is 0 Å². The van der Waals surface area contributed by atoms with Gasteiger partial charge in [-0.1, -0.05) is 206 Å². The highest BCUT2D eigenvalue weighted by molar-refractivity contribution is 6.13. The fourth-order valence-corrected chi connectivity index (χ4v) is 11.1. The first kappa shape index (κ1) is 44.2. The van der Waals surface area contributed by atoms with Gasteiger partial charge in [0.25, 0.3) is 0 Å². The zero-order chi connectivity index (χ0) is 50.5. The van der Waals surface area contributed by atoms with Crippen LogP contribution in [0.4, 0.5) is 0 Å². The van der Waals surface area contributed by atoms with Crippen molar-refractivity contribution in [2.75, 3.05) is 0 Å². The van der Waals surface area contributed by atoms with E-state index in [1.807, 2.05) is 60.7 Å². The second-order valence-corrected chi connectivity index (χ2v) is 19.0. The van der Waals surface area contributed by atoms with Crippen molar-refractivity contribution in [3.8, 4) is 96.1 Å². The summed E-state index contributed by atoms with van der Waals surface area (Å²) in [4.78, 5) is 16.2. The number of hydrogen-bond acceptors (Lipinski definition) is 4. The number of aromatic nitrogens is 5. The summed E-state index contributed by atoms with van der Waals surface area (Å²) in [5.41, 5.74) is 17.5. The minimum absolute atomic E-state index is 0.522. The molecule has 0 atom stereocenters. The molecule has 0 unspecified atom stereocenters. The van der Waals surface area contributed by atoms with Crippen LogP contribution in [0.5, 0.6) is 0 Å². The number of benzene rings is 11. The number of hydrogen-bond donors (Lipinski definition) is 0. The Kier molecular flexibility index (Phi) is 10.8. The Labute approximate surface area is 439 Å². The van der Waals surface area contributed by atoms with Gasteiger partial charge in [0, 0.05) is 38.2 Å². The Balaban J connectivity index is 1.12. The molecule has 14 rings (SSSR count). The Morgan fingerprint density at radius 2 is 0.711 bits per heavy atom. The fourth-order valence-electron chi connectivity index (χ4n) is 11.1. The van der Waals surface area contributed by atoms with Gasteiger partial charge in [0.2, 0.25) is 0 Å². The lowest BCUT2D eigenvalue weighted by molar-refractivity contribution is 1.06. The van der Waals surface area contributed by atoms with E-state index in [9.17, 15) is 5.26 Å². The summed E-state index contributed by atoms with van der Waals surface area (Å²) in [7, 11) is 0. The lowest BCUT2D eigenvalue weighted by Gasteiger charge is -2.21. The van der Waals surface area contributed by atoms with Gasteiger partial charge in [-0.15, -0.1) is 0 Å². The van der Waals surface area contributed by atoms with Crippen LogP contribution in [0.3, 0.4) is 0 Å². The Bertz CT molecular complexity index is 4510. The van der Waals surface area contributed by atoms with Gasteiger partial charge in [-0.3, -0.25) is 0 Å². The summed E-state index contributed by atoms with van der Waals surface area (Å²) in [5.74, 6) is 1.65. The van der Waals surface area contributed by atoms with Gasteiger partial charge >= 0.3 is 0 Å².